The van der Waals surface area contributed by atoms with Gasteiger partial charge in [-0.2, -0.15) is 0 Å². The highest BCUT2D eigenvalue weighted by Gasteiger charge is 2.40. The van der Waals surface area contributed by atoms with E-state index in [9.17, 15) is 14.0 Å². The predicted octanol–water partition coefficient (Wildman–Crippen LogP) is 4.66. The van der Waals surface area contributed by atoms with Gasteiger partial charge in [-0.1, -0.05) is 55.9 Å². The standard InChI is InChI=1S/C24H26FN3O2S/c1-15(2)12-13-26-23(30)22-21-16-8-4-6-10-18(16)27(3)24(21)31-14-20(29)28(22)19-11-7-5-9-17(19)25/h4-11,15,22H,12-14H2,1-3H3,(H,26,30)/t22-/m1/s1. The molecule has 4 rings (SSSR count). The van der Waals surface area contributed by atoms with E-state index < -0.39 is 11.9 Å². The van der Waals surface area contributed by atoms with E-state index in [4.69, 9.17) is 0 Å². The number of hydrogen-bond donors (Lipinski definition) is 1. The zero-order valence-electron chi connectivity index (χ0n) is 17.9. The van der Waals surface area contributed by atoms with E-state index in [1.165, 1.54) is 22.7 Å². The SMILES string of the molecule is CC(C)CCNC(=O)[C@H]1c2c(n(C)c3ccccc23)SCC(=O)N1c1ccccc1F. The van der Waals surface area contributed by atoms with E-state index in [0.29, 0.717) is 12.5 Å². The molecule has 31 heavy (non-hydrogen) atoms. The Bertz CT molecular complexity index is 1140. The van der Waals surface area contributed by atoms with Crippen molar-refractivity contribution in [3.63, 3.8) is 0 Å². The molecule has 2 heterocycles. The summed E-state index contributed by atoms with van der Waals surface area (Å²) in [5, 5.41) is 4.75. The number of halogens is 1. The van der Waals surface area contributed by atoms with E-state index in [2.05, 4.69) is 19.2 Å². The number of carbonyl (C=O) groups is 2. The second-order valence-electron chi connectivity index (χ2n) is 8.17. The van der Waals surface area contributed by atoms with Crippen molar-refractivity contribution in [2.24, 2.45) is 13.0 Å². The van der Waals surface area contributed by atoms with Gasteiger partial charge in [0.1, 0.15) is 11.9 Å². The second-order valence-corrected chi connectivity index (χ2v) is 9.14. The molecule has 1 aromatic heterocycles. The lowest BCUT2D eigenvalue weighted by atomic mass is 10.0. The fourth-order valence-corrected chi connectivity index (χ4v) is 5.13. The van der Waals surface area contributed by atoms with Crippen LogP contribution in [0.5, 0.6) is 0 Å². The molecule has 1 aliphatic heterocycles. The molecule has 0 radical (unpaired) electrons. The van der Waals surface area contributed by atoms with Crippen LogP contribution in [0.4, 0.5) is 10.1 Å². The summed E-state index contributed by atoms with van der Waals surface area (Å²) in [7, 11) is 1.94. The van der Waals surface area contributed by atoms with Gasteiger partial charge in [0, 0.05) is 30.1 Å². The zero-order chi connectivity index (χ0) is 22.1. The van der Waals surface area contributed by atoms with E-state index in [0.717, 1.165) is 27.9 Å². The molecule has 0 saturated heterocycles. The Morgan fingerprint density at radius 2 is 1.90 bits per heavy atom. The van der Waals surface area contributed by atoms with E-state index in [1.54, 1.807) is 18.2 Å². The van der Waals surface area contributed by atoms with Gasteiger partial charge in [0.05, 0.1) is 16.5 Å². The number of aryl methyl sites for hydroxylation is 1. The summed E-state index contributed by atoms with van der Waals surface area (Å²) in [5.74, 6) is -0.551. The van der Waals surface area contributed by atoms with Crippen LogP contribution in [-0.2, 0) is 16.6 Å². The molecule has 5 nitrogen and oxygen atoms in total. The molecule has 1 N–H and O–H groups in total. The van der Waals surface area contributed by atoms with Gasteiger partial charge in [-0.25, -0.2) is 4.39 Å². The van der Waals surface area contributed by atoms with Crippen LogP contribution in [0.25, 0.3) is 10.9 Å². The molecule has 2 amide bonds. The first kappa shape index (κ1) is 21.4. The Balaban J connectivity index is 1.90. The number of nitrogens with zero attached hydrogens (tertiary/aromatic N) is 2. The zero-order valence-corrected chi connectivity index (χ0v) is 18.7. The lowest BCUT2D eigenvalue weighted by Gasteiger charge is -2.30. The Morgan fingerprint density at radius 1 is 1.19 bits per heavy atom. The smallest absolute Gasteiger partial charge is 0.247 e. The Labute approximate surface area is 185 Å². The topological polar surface area (TPSA) is 54.3 Å². The first-order valence-electron chi connectivity index (χ1n) is 10.4. The fraction of sp³-hybridized carbons (Fsp3) is 0.333. The molecule has 0 bridgehead atoms. The van der Waals surface area contributed by atoms with Crippen molar-refractivity contribution in [3.8, 4) is 0 Å². The fourth-order valence-electron chi connectivity index (χ4n) is 4.06. The van der Waals surface area contributed by atoms with Crippen LogP contribution in [0.15, 0.2) is 53.6 Å². The molecule has 2 aromatic carbocycles. The lowest BCUT2D eigenvalue weighted by Crippen LogP contribution is -2.44. The Hall–Kier alpha value is -2.80. The van der Waals surface area contributed by atoms with Crippen molar-refractivity contribution >= 4 is 40.2 Å². The minimum Gasteiger partial charge on any atom is -0.354 e. The predicted molar refractivity (Wildman–Crippen MR) is 123 cm³/mol. The van der Waals surface area contributed by atoms with Crippen LogP contribution in [0.1, 0.15) is 31.9 Å². The van der Waals surface area contributed by atoms with Crippen molar-refractivity contribution < 1.29 is 14.0 Å². The van der Waals surface area contributed by atoms with Crippen LogP contribution >= 0.6 is 11.8 Å². The lowest BCUT2D eigenvalue weighted by molar-refractivity contribution is -0.125. The van der Waals surface area contributed by atoms with E-state index in [1.807, 2.05) is 35.9 Å². The average Bonchev–Trinajstić information content (AvgIpc) is 2.92. The molecule has 0 spiro atoms. The quantitative estimate of drug-likeness (QED) is 0.629. The highest BCUT2D eigenvalue weighted by Crippen LogP contribution is 2.43. The van der Waals surface area contributed by atoms with Crippen LogP contribution in [0.2, 0.25) is 0 Å². The minimum absolute atomic E-state index is 0.123. The third kappa shape index (κ3) is 3.94. The molecule has 0 saturated carbocycles. The summed E-state index contributed by atoms with van der Waals surface area (Å²) in [6, 6.07) is 13.0. The molecule has 7 heteroatoms. The molecule has 1 atom stereocenters. The number of anilines is 1. The average molecular weight is 440 g/mol. The van der Waals surface area contributed by atoms with Crippen molar-refractivity contribution in [2.45, 2.75) is 31.3 Å². The van der Waals surface area contributed by atoms with Gasteiger partial charge in [-0.05, 0) is 30.5 Å². The first-order chi connectivity index (χ1) is 14.9. The van der Waals surface area contributed by atoms with Crippen LogP contribution in [0, 0.1) is 11.7 Å². The molecule has 162 valence electrons. The molecular formula is C24H26FN3O2S. The van der Waals surface area contributed by atoms with Gasteiger partial charge >= 0.3 is 0 Å². The number of fused-ring (bicyclic) bond motifs is 3. The summed E-state index contributed by atoms with van der Waals surface area (Å²) < 4.78 is 16.8. The summed E-state index contributed by atoms with van der Waals surface area (Å²) in [6.07, 6.45) is 0.823. The summed E-state index contributed by atoms with van der Waals surface area (Å²) in [4.78, 5) is 28.1. The van der Waals surface area contributed by atoms with E-state index in [-0.39, 0.29) is 23.3 Å². The third-order valence-corrected chi connectivity index (χ3v) is 6.76. The number of benzene rings is 2. The maximum atomic E-state index is 14.8. The number of rotatable bonds is 5. The third-order valence-electron chi connectivity index (χ3n) is 5.60. The maximum absolute atomic E-state index is 14.8. The van der Waals surface area contributed by atoms with Gasteiger partial charge in [0.15, 0.2) is 0 Å². The van der Waals surface area contributed by atoms with Gasteiger partial charge < -0.3 is 9.88 Å². The van der Waals surface area contributed by atoms with Crippen LogP contribution in [0.3, 0.4) is 0 Å². The number of nitrogens with one attached hydrogen (secondary N) is 1. The number of hydrogen-bond acceptors (Lipinski definition) is 3. The van der Waals surface area contributed by atoms with Crippen LogP contribution in [-0.4, -0.2) is 28.7 Å². The first-order valence-corrected chi connectivity index (χ1v) is 11.4. The Morgan fingerprint density at radius 3 is 2.65 bits per heavy atom. The molecule has 0 unspecified atom stereocenters. The highest BCUT2D eigenvalue weighted by atomic mass is 32.2. The largest absolute Gasteiger partial charge is 0.354 e. The number of thioether (sulfide) groups is 1. The highest BCUT2D eigenvalue weighted by molar-refractivity contribution is 8.00. The number of para-hydroxylation sites is 2. The van der Waals surface area contributed by atoms with Crippen molar-refractivity contribution in [2.75, 3.05) is 17.2 Å². The Kier molecular flexibility index (Phi) is 6.05. The number of carbonyl (C=O) groups excluding carboxylic acids is 2. The van der Waals surface area contributed by atoms with Crippen LogP contribution < -0.4 is 10.2 Å². The van der Waals surface area contributed by atoms with Crippen molar-refractivity contribution in [3.05, 3.63) is 59.9 Å². The molecule has 1 aliphatic rings. The molecule has 3 aromatic rings. The summed E-state index contributed by atoms with van der Waals surface area (Å²) in [5.41, 5.74) is 1.85. The van der Waals surface area contributed by atoms with Gasteiger partial charge in [-0.15, -0.1) is 0 Å². The summed E-state index contributed by atoms with van der Waals surface area (Å²) >= 11 is 1.39. The molecular weight excluding hydrogens is 413 g/mol. The maximum Gasteiger partial charge on any atom is 0.247 e. The van der Waals surface area contributed by atoms with E-state index >= 15 is 0 Å². The number of aromatic nitrogens is 1. The monoisotopic (exact) mass is 439 g/mol. The summed E-state index contributed by atoms with van der Waals surface area (Å²) in [6.45, 7) is 4.68. The van der Waals surface area contributed by atoms with Crippen molar-refractivity contribution in [1.82, 2.24) is 9.88 Å². The van der Waals surface area contributed by atoms with Crippen molar-refractivity contribution in [1.29, 1.82) is 0 Å². The normalized spacial score (nSPS) is 16.5. The minimum atomic E-state index is -0.951. The number of amides is 2. The van der Waals surface area contributed by atoms with Gasteiger partial charge in [0.25, 0.3) is 0 Å². The molecule has 0 aliphatic carbocycles. The van der Waals surface area contributed by atoms with Gasteiger partial charge in [-0.3, -0.25) is 14.5 Å². The second kappa shape index (κ2) is 8.75. The molecule has 0 fully saturated rings. The van der Waals surface area contributed by atoms with Gasteiger partial charge in [0.2, 0.25) is 11.8 Å².